The van der Waals surface area contributed by atoms with E-state index in [9.17, 15) is 4.79 Å². The Morgan fingerprint density at radius 2 is 2.14 bits per heavy atom. The van der Waals surface area contributed by atoms with Gasteiger partial charge >= 0.3 is 0 Å². The van der Waals surface area contributed by atoms with E-state index in [1.807, 2.05) is 12.1 Å². The van der Waals surface area contributed by atoms with E-state index < -0.39 is 0 Å². The van der Waals surface area contributed by atoms with Gasteiger partial charge in [0.15, 0.2) is 0 Å². The van der Waals surface area contributed by atoms with E-state index in [-0.39, 0.29) is 5.56 Å². The summed E-state index contributed by atoms with van der Waals surface area (Å²) in [6.07, 6.45) is 6.88. The van der Waals surface area contributed by atoms with Gasteiger partial charge in [-0.05, 0) is 48.4 Å². The van der Waals surface area contributed by atoms with E-state index in [0.717, 1.165) is 41.8 Å². The molecule has 2 aromatic rings. The molecule has 22 heavy (non-hydrogen) atoms. The monoisotopic (exact) mass is 333 g/mol. The number of hydrogen-bond acceptors (Lipinski definition) is 4. The van der Waals surface area contributed by atoms with Gasteiger partial charge in [-0.3, -0.25) is 4.79 Å². The van der Waals surface area contributed by atoms with Crippen molar-refractivity contribution in [2.24, 2.45) is 0 Å². The van der Waals surface area contributed by atoms with Gasteiger partial charge in [0.2, 0.25) is 0 Å². The zero-order valence-electron chi connectivity index (χ0n) is 12.0. The maximum absolute atomic E-state index is 12.2. The summed E-state index contributed by atoms with van der Waals surface area (Å²) in [6, 6.07) is 3.80. The second-order valence-electron chi connectivity index (χ2n) is 5.25. The van der Waals surface area contributed by atoms with Gasteiger partial charge < -0.3 is 10.4 Å². The number of hydrogen-bond donors (Lipinski definition) is 2. The molecule has 0 saturated heterocycles. The first-order valence-electron chi connectivity index (χ1n) is 7.21. The number of aromatic nitrogens is 2. The molecule has 0 bridgehead atoms. The number of thioether (sulfide) groups is 1. The zero-order valence-corrected chi connectivity index (χ0v) is 13.6. The highest BCUT2D eigenvalue weighted by Crippen LogP contribution is 2.32. The van der Waals surface area contributed by atoms with Crippen molar-refractivity contribution in [2.45, 2.75) is 36.5 Å². The van der Waals surface area contributed by atoms with Gasteiger partial charge in [0.25, 0.3) is 5.56 Å². The summed E-state index contributed by atoms with van der Waals surface area (Å²) in [7, 11) is 0. The average molecular weight is 334 g/mol. The largest absolute Gasteiger partial charge is 0.316 e. The molecular formula is C16H16ClN3OS. The third kappa shape index (κ3) is 2.96. The van der Waals surface area contributed by atoms with Crippen LogP contribution in [0.25, 0.3) is 0 Å². The molecule has 114 valence electrons. The normalized spacial score (nSPS) is 13.7. The Morgan fingerprint density at radius 3 is 2.86 bits per heavy atom. The lowest BCUT2D eigenvalue weighted by Crippen LogP contribution is -2.21. The first-order valence-corrected chi connectivity index (χ1v) is 8.57. The molecule has 6 heteroatoms. The summed E-state index contributed by atoms with van der Waals surface area (Å²) in [5.41, 5.74) is 3.53. The maximum Gasteiger partial charge on any atom is 0.257 e. The Hall–Kier alpha value is -1.59. The SMILES string of the molecule is N=Cc1c2c(c(SCc3cccnc3Cl)[nH]c1=O)CCCC2. The van der Waals surface area contributed by atoms with Crippen LogP contribution >= 0.6 is 23.4 Å². The van der Waals surface area contributed by atoms with Crippen LogP contribution in [0.2, 0.25) is 5.15 Å². The molecule has 0 amide bonds. The van der Waals surface area contributed by atoms with Crippen LogP contribution in [0, 0.1) is 5.41 Å². The Bertz CT molecular complexity index is 772. The number of nitrogens with one attached hydrogen (secondary N) is 2. The van der Waals surface area contributed by atoms with Crippen LogP contribution in [0.3, 0.4) is 0 Å². The molecule has 0 unspecified atom stereocenters. The van der Waals surface area contributed by atoms with E-state index >= 15 is 0 Å². The number of rotatable bonds is 4. The van der Waals surface area contributed by atoms with Crippen molar-refractivity contribution in [3.05, 3.63) is 56.1 Å². The predicted octanol–water partition coefficient (Wildman–Crippen LogP) is 3.59. The third-order valence-electron chi connectivity index (χ3n) is 3.89. The molecule has 0 saturated carbocycles. The van der Waals surface area contributed by atoms with Gasteiger partial charge in [0, 0.05) is 18.2 Å². The summed E-state index contributed by atoms with van der Waals surface area (Å²) in [4.78, 5) is 19.2. The van der Waals surface area contributed by atoms with Gasteiger partial charge in [0.05, 0.1) is 10.6 Å². The van der Waals surface area contributed by atoms with Crippen LogP contribution in [0.4, 0.5) is 0 Å². The lowest BCUT2D eigenvalue weighted by atomic mass is 9.90. The third-order valence-corrected chi connectivity index (χ3v) is 5.32. The smallest absolute Gasteiger partial charge is 0.257 e. The number of nitrogens with zero attached hydrogens (tertiary/aromatic N) is 1. The van der Waals surface area contributed by atoms with Crippen molar-refractivity contribution < 1.29 is 0 Å². The molecule has 0 aromatic carbocycles. The van der Waals surface area contributed by atoms with E-state index in [4.69, 9.17) is 17.0 Å². The summed E-state index contributed by atoms with van der Waals surface area (Å²) in [6.45, 7) is 0. The number of pyridine rings is 2. The molecule has 0 fully saturated rings. The minimum atomic E-state index is -0.171. The Morgan fingerprint density at radius 1 is 1.36 bits per heavy atom. The second kappa shape index (κ2) is 6.67. The molecule has 1 aliphatic carbocycles. The van der Waals surface area contributed by atoms with Gasteiger partial charge in [-0.2, -0.15) is 0 Å². The Labute approximate surface area is 137 Å². The van der Waals surface area contributed by atoms with E-state index in [1.165, 1.54) is 11.8 Å². The van der Waals surface area contributed by atoms with Crippen LogP contribution < -0.4 is 5.56 Å². The lowest BCUT2D eigenvalue weighted by Gasteiger charge is -2.20. The van der Waals surface area contributed by atoms with Gasteiger partial charge in [0.1, 0.15) is 5.15 Å². The highest BCUT2D eigenvalue weighted by atomic mass is 35.5. The molecule has 0 aliphatic heterocycles. The minimum Gasteiger partial charge on any atom is -0.316 e. The summed E-state index contributed by atoms with van der Waals surface area (Å²) in [5.74, 6) is 0.666. The van der Waals surface area contributed by atoms with Gasteiger partial charge in [-0.25, -0.2) is 4.98 Å². The number of H-pyrrole nitrogens is 1. The van der Waals surface area contributed by atoms with Gasteiger partial charge in [-0.15, -0.1) is 11.8 Å². The molecule has 2 heterocycles. The zero-order chi connectivity index (χ0) is 15.5. The van der Waals surface area contributed by atoms with Crippen molar-refractivity contribution in [3.63, 3.8) is 0 Å². The van der Waals surface area contributed by atoms with Crippen molar-refractivity contribution in [2.75, 3.05) is 0 Å². The highest BCUT2D eigenvalue weighted by molar-refractivity contribution is 7.98. The van der Waals surface area contributed by atoms with Crippen molar-refractivity contribution >= 4 is 29.6 Å². The fourth-order valence-electron chi connectivity index (χ4n) is 2.79. The van der Waals surface area contributed by atoms with E-state index in [2.05, 4.69) is 9.97 Å². The summed E-state index contributed by atoms with van der Waals surface area (Å²) < 4.78 is 0. The fourth-order valence-corrected chi connectivity index (χ4v) is 4.15. The van der Waals surface area contributed by atoms with E-state index in [0.29, 0.717) is 16.5 Å². The molecule has 2 aromatic heterocycles. The summed E-state index contributed by atoms with van der Waals surface area (Å²) in [5, 5.41) is 8.89. The van der Waals surface area contributed by atoms with Crippen molar-refractivity contribution in [1.82, 2.24) is 9.97 Å². The molecule has 2 N–H and O–H groups in total. The summed E-state index contributed by atoms with van der Waals surface area (Å²) >= 11 is 7.67. The van der Waals surface area contributed by atoms with E-state index in [1.54, 1.807) is 18.0 Å². The molecule has 0 spiro atoms. The second-order valence-corrected chi connectivity index (χ2v) is 6.59. The minimum absolute atomic E-state index is 0.171. The molecular weight excluding hydrogens is 318 g/mol. The fraction of sp³-hybridized carbons (Fsp3) is 0.312. The quantitative estimate of drug-likeness (QED) is 0.510. The molecule has 0 radical (unpaired) electrons. The number of aromatic amines is 1. The highest BCUT2D eigenvalue weighted by Gasteiger charge is 2.19. The van der Waals surface area contributed by atoms with Crippen molar-refractivity contribution in [3.8, 4) is 0 Å². The molecule has 3 rings (SSSR count). The van der Waals surface area contributed by atoms with Crippen LogP contribution in [-0.2, 0) is 18.6 Å². The van der Waals surface area contributed by atoms with Crippen LogP contribution in [0.5, 0.6) is 0 Å². The standard InChI is InChI=1S/C16H16ClN3OS/c17-14-10(4-3-7-19-14)9-22-16-12-6-2-1-5-11(12)13(8-18)15(21)20-16/h3-4,7-8,18H,1-2,5-6,9H2,(H,20,21). The number of halogens is 1. The lowest BCUT2D eigenvalue weighted by molar-refractivity contribution is 0.664. The predicted molar refractivity (Wildman–Crippen MR) is 90.4 cm³/mol. The average Bonchev–Trinajstić information content (AvgIpc) is 2.54. The molecule has 4 nitrogen and oxygen atoms in total. The Kier molecular flexibility index (Phi) is 4.64. The van der Waals surface area contributed by atoms with Crippen molar-refractivity contribution in [1.29, 1.82) is 5.41 Å². The first-order chi connectivity index (χ1) is 10.7. The Balaban J connectivity index is 1.94. The van der Waals surface area contributed by atoms with Crippen LogP contribution in [0.1, 0.15) is 35.1 Å². The van der Waals surface area contributed by atoms with Crippen LogP contribution in [0.15, 0.2) is 28.2 Å². The van der Waals surface area contributed by atoms with Crippen LogP contribution in [-0.4, -0.2) is 16.2 Å². The molecule has 0 atom stereocenters. The molecule has 1 aliphatic rings. The maximum atomic E-state index is 12.2. The first kappa shape index (κ1) is 15.3. The number of fused-ring (bicyclic) bond motifs is 1. The van der Waals surface area contributed by atoms with Gasteiger partial charge in [-0.1, -0.05) is 17.7 Å². The topological polar surface area (TPSA) is 69.6 Å².